The molecule has 0 unspecified atom stereocenters. The molecule has 2 N–H and O–H groups in total. The molecule has 0 atom stereocenters. The summed E-state index contributed by atoms with van der Waals surface area (Å²) in [6.07, 6.45) is 3.18. The van der Waals surface area contributed by atoms with E-state index in [1.54, 1.807) is 43.2 Å². The molecular formula is C22H24FN7O. The number of rotatable bonds is 5. The van der Waals surface area contributed by atoms with E-state index in [0.717, 1.165) is 31.6 Å². The molecule has 0 aliphatic carbocycles. The minimum Gasteiger partial charge on any atom is -0.368 e. The molecule has 160 valence electrons. The number of anilines is 3. The van der Waals surface area contributed by atoms with Gasteiger partial charge in [-0.2, -0.15) is 4.98 Å². The molecule has 2 saturated heterocycles. The second-order valence-corrected chi connectivity index (χ2v) is 8.51. The Hall–Kier alpha value is -3.46. The average Bonchev–Trinajstić information content (AvgIpc) is 3.04. The van der Waals surface area contributed by atoms with E-state index in [-0.39, 0.29) is 11.7 Å². The number of benzene rings is 1. The Morgan fingerprint density at radius 2 is 2.10 bits per heavy atom. The van der Waals surface area contributed by atoms with Crippen LogP contribution in [0.1, 0.15) is 10.5 Å². The molecular weight excluding hydrogens is 397 g/mol. The number of fused-ring (bicyclic) bond motifs is 1. The van der Waals surface area contributed by atoms with Gasteiger partial charge in [-0.3, -0.25) is 9.36 Å². The van der Waals surface area contributed by atoms with Crippen LogP contribution < -0.4 is 15.5 Å². The number of halogens is 1. The number of carbonyl (C=O) groups is 1. The molecule has 3 aromatic rings. The summed E-state index contributed by atoms with van der Waals surface area (Å²) in [6.45, 7) is 7.59. The quantitative estimate of drug-likeness (QED) is 0.659. The van der Waals surface area contributed by atoms with Crippen molar-refractivity contribution >= 4 is 40.5 Å². The zero-order valence-corrected chi connectivity index (χ0v) is 17.5. The molecule has 8 nitrogen and oxygen atoms in total. The Labute approximate surface area is 179 Å². The van der Waals surface area contributed by atoms with E-state index in [1.807, 2.05) is 6.07 Å². The first-order chi connectivity index (χ1) is 14.9. The van der Waals surface area contributed by atoms with Crippen LogP contribution in [0.4, 0.5) is 21.7 Å². The predicted octanol–water partition coefficient (Wildman–Crippen LogP) is 2.53. The van der Waals surface area contributed by atoms with Crippen molar-refractivity contribution < 1.29 is 9.18 Å². The molecule has 2 aromatic heterocycles. The molecule has 1 amide bonds. The van der Waals surface area contributed by atoms with E-state index < -0.39 is 0 Å². The molecule has 0 radical (unpaired) electrons. The van der Waals surface area contributed by atoms with Crippen LogP contribution in [0.25, 0.3) is 17.2 Å². The molecule has 2 aliphatic rings. The Bertz CT molecular complexity index is 1190. The summed E-state index contributed by atoms with van der Waals surface area (Å²) in [4.78, 5) is 24.8. The van der Waals surface area contributed by atoms with Gasteiger partial charge >= 0.3 is 0 Å². The Kier molecular flexibility index (Phi) is 4.44. The van der Waals surface area contributed by atoms with Gasteiger partial charge in [-0.25, -0.2) is 9.37 Å². The van der Waals surface area contributed by atoms with Gasteiger partial charge in [-0.15, -0.1) is 0 Å². The van der Waals surface area contributed by atoms with Crippen LogP contribution in [-0.2, 0) is 0 Å². The van der Waals surface area contributed by atoms with Crippen LogP contribution in [0.5, 0.6) is 0 Å². The zero-order valence-electron chi connectivity index (χ0n) is 17.5. The lowest BCUT2D eigenvalue weighted by atomic mass is 9.74. The lowest BCUT2D eigenvalue weighted by Crippen LogP contribution is -2.71. The van der Waals surface area contributed by atoms with Gasteiger partial charge in [-0.05, 0) is 24.3 Å². The van der Waals surface area contributed by atoms with Gasteiger partial charge < -0.3 is 20.4 Å². The molecule has 1 aromatic carbocycles. The van der Waals surface area contributed by atoms with E-state index in [0.29, 0.717) is 34.1 Å². The molecule has 4 heterocycles. The highest BCUT2D eigenvalue weighted by Crippen LogP contribution is 2.39. The van der Waals surface area contributed by atoms with Crippen LogP contribution in [0.3, 0.4) is 0 Å². The van der Waals surface area contributed by atoms with Gasteiger partial charge in [0.05, 0.1) is 5.69 Å². The first-order valence-corrected chi connectivity index (χ1v) is 10.1. The van der Waals surface area contributed by atoms with Crippen LogP contribution in [0, 0.1) is 11.2 Å². The van der Waals surface area contributed by atoms with Crippen molar-refractivity contribution in [2.24, 2.45) is 5.41 Å². The molecule has 31 heavy (non-hydrogen) atoms. The topological polar surface area (TPSA) is 78.3 Å². The molecule has 0 bridgehead atoms. The van der Waals surface area contributed by atoms with Crippen molar-refractivity contribution in [1.29, 1.82) is 0 Å². The number of amides is 1. The Morgan fingerprint density at radius 3 is 2.71 bits per heavy atom. The summed E-state index contributed by atoms with van der Waals surface area (Å²) in [7, 11) is 3.38. The van der Waals surface area contributed by atoms with E-state index in [1.165, 1.54) is 11.0 Å². The monoisotopic (exact) mass is 421 g/mol. The number of hydrogen-bond donors (Lipinski definition) is 2. The van der Waals surface area contributed by atoms with Gasteiger partial charge in [0.15, 0.2) is 0 Å². The van der Waals surface area contributed by atoms with Crippen molar-refractivity contribution in [2.45, 2.75) is 0 Å². The summed E-state index contributed by atoms with van der Waals surface area (Å²) in [5, 5.41) is 7.06. The smallest absolute Gasteiger partial charge is 0.270 e. The SMILES string of the molecule is C=Cn1c(C(=O)N(C)C)cc2cnc(Nc3ccc(N4CC5(CNC5)C4)c(F)c3)nc21. The summed E-state index contributed by atoms with van der Waals surface area (Å²) in [5.41, 5.74) is 2.51. The van der Waals surface area contributed by atoms with Crippen LogP contribution in [0.15, 0.2) is 37.0 Å². The number of nitrogens with zero attached hydrogens (tertiary/aromatic N) is 5. The second-order valence-electron chi connectivity index (χ2n) is 8.51. The van der Waals surface area contributed by atoms with Crippen molar-refractivity contribution in [3.05, 3.63) is 48.6 Å². The van der Waals surface area contributed by atoms with Gasteiger partial charge in [0.25, 0.3) is 5.91 Å². The third-order valence-electron chi connectivity index (χ3n) is 5.98. The first-order valence-electron chi connectivity index (χ1n) is 10.1. The maximum atomic E-state index is 14.7. The van der Waals surface area contributed by atoms with Crippen LogP contribution in [-0.4, -0.2) is 65.6 Å². The Morgan fingerprint density at radius 1 is 1.32 bits per heavy atom. The molecule has 1 spiro atoms. The molecule has 2 fully saturated rings. The molecule has 0 saturated carbocycles. The zero-order chi connectivity index (χ0) is 21.8. The summed E-state index contributed by atoms with van der Waals surface area (Å²) in [5.74, 6) is -0.120. The van der Waals surface area contributed by atoms with E-state index in [2.05, 4.69) is 32.1 Å². The summed E-state index contributed by atoms with van der Waals surface area (Å²) in [6, 6.07) is 6.80. The van der Waals surface area contributed by atoms with Gasteiger partial charge in [-0.1, -0.05) is 6.58 Å². The first kappa shape index (κ1) is 19.5. The van der Waals surface area contributed by atoms with Crippen LogP contribution >= 0.6 is 0 Å². The standard InChI is InChI=1S/C22H24FN7O/c1-4-30-18(20(31)28(2)3)7-14-9-25-21(27-19(14)30)26-15-5-6-17(16(23)8-15)29-12-22(13-29)10-24-11-22/h4-9,24H,1,10-13H2,2-3H3,(H,25,26,27). The van der Waals surface area contributed by atoms with Crippen LogP contribution in [0.2, 0.25) is 0 Å². The van der Waals surface area contributed by atoms with Crippen molar-refractivity contribution in [1.82, 2.24) is 24.8 Å². The van der Waals surface area contributed by atoms with E-state index in [4.69, 9.17) is 0 Å². The highest BCUT2D eigenvalue weighted by atomic mass is 19.1. The fourth-order valence-electron chi connectivity index (χ4n) is 4.25. The third-order valence-corrected chi connectivity index (χ3v) is 5.98. The Balaban J connectivity index is 1.38. The van der Waals surface area contributed by atoms with Gasteiger partial charge in [0.2, 0.25) is 5.95 Å². The van der Waals surface area contributed by atoms with Crippen molar-refractivity contribution in [3.63, 3.8) is 0 Å². The fraction of sp³-hybridized carbons (Fsp3) is 0.318. The van der Waals surface area contributed by atoms with E-state index in [9.17, 15) is 9.18 Å². The average molecular weight is 421 g/mol. The predicted molar refractivity (Wildman–Crippen MR) is 119 cm³/mol. The lowest BCUT2D eigenvalue weighted by Gasteiger charge is -2.57. The molecule has 5 rings (SSSR count). The maximum Gasteiger partial charge on any atom is 0.270 e. The molecule has 9 heteroatoms. The number of hydrogen-bond acceptors (Lipinski definition) is 6. The number of aromatic nitrogens is 3. The fourth-order valence-corrected chi connectivity index (χ4v) is 4.25. The van der Waals surface area contributed by atoms with Gasteiger partial charge in [0, 0.05) is 69.2 Å². The highest BCUT2D eigenvalue weighted by molar-refractivity contribution is 5.98. The largest absolute Gasteiger partial charge is 0.368 e. The maximum absolute atomic E-state index is 14.7. The van der Waals surface area contributed by atoms with Gasteiger partial charge in [0.1, 0.15) is 17.2 Å². The number of carbonyl (C=O) groups excluding carboxylic acids is 1. The highest BCUT2D eigenvalue weighted by Gasteiger charge is 2.48. The summed E-state index contributed by atoms with van der Waals surface area (Å²) < 4.78 is 16.4. The number of nitrogens with one attached hydrogen (secondary N) is 2. The minimum atomic E-state index is -0.276. The second kappa shape index (κ2) is 7.05. The lowest BCUT2D eigenvalue weighted by molar-refractivity contribution is 0.0821. The summed E-state index contributed by atoms with van der Waals surface area (Å²) >= 11 is 0. The molecule has 2 aliphatic heterocycles. The van der Waals surface area contributed by atoms with Crippen molar-refractivity contribution in [2.75, 3.05) is 50.5 Å². The van der Waals surface area contributed by atoms with E-state index >= 15 is 0 Å². The third kappa shape index (κ3) is 3.21. The normalized spacial score (nSPS) is 16.7. The van der Waals surface area contributed by atoms with Crippen molar-refractivity contribution in [3.8, 4) is 0 Å². The minimum absolute atomic E-state index is 0.157.